The van der Waals surface area contributed by atoms with Gasteiger partial charge in [0.2, 0.25) is 5.88 Å². The van der Waals surface area contributed by atoms with E-state index in [2.05, 4.69) is 22.5 Å². The fourth-order valence-electron chi connectivity index (χ4n) is 4.42. The van der Waals surface area contributed by atoms with E-state index in [0.717, 1.165) is 49.6 Å². The number of aromatic nitrogens is 1. The van der Waals surface area contributed by atoms with Crippen molar-refractivity contribution >= 4 is 5.96 Å². The van der Waals surface area contributed by atoms with Crippen LogP contribution in [0.15, 0.2) is 23.3 Å². The van der Waals surface area contributed by atoms with Crippen LogP contribution in [-0.4, -0.2) is 41.8 Å². The molecule has 148 valence electrons. The zero-order valence-electron chi connectivity index (χ0n) is 16.3. The number of fused-ring (bicyclic) bond motifs is 2. The normalized spacial score (nSPS) is 28.3. The fourth-order valence-corrected chi connectivity index (χ4v) is 4.42. The average Bonchev–Trinajstić information content (AvgIpc) is 3.31. The number of pyridine rings is 1. The number of nitrogens with zero attached hydrogens (tertiary/aromatic N) is 2. The van der Waals surface area contributed by atoms with Gasteiger partial charge >= 0.3 is 0 Å². The van der Waals surface area contributed by atoms with E-state index in [1.54, 1.807) is 0 Å². The van der Waals surface area contributed by atoms with Crippen LogP contribution in [-0.2, 0) is 11.3 Å². The molecule has 1 aromatic heterocycles. The maximum absolute atomic E-state index is 6.08. The van der Waals surface area contributed by atoms with Gasteiger partial charge in [-0.3, -0.25) is 0 Å². The molecule has 0 radical (unpaired) electrons. The molecule has 3 aliphatic rings. The number of hydrogen-bond donors (Lipinski definition) is 2. The molecule has 2 saturated heterocycles. The summed E-state index contributed by atoms with van der Waals surface area (Å²) >= 11 is 0. The predicted octanol–water partition coefficient (Wildman–Crippen LogP) is 3.17. The number of nitrogens with one attached hydrogen (secondary N) is 2. The zero-order valence-corrected chi connectivity index (χ0v) is 16.3. The van der Waals surface area contributed by atoms with E-state index < -0.39 is 0 Å². The molecule has 6 nitrogen and oxygen atoms in total. The van der Waals surface area contributed by atoms with Crippen LogP contribution >= 0.6 is 0 Å². The SMILES string of the molecule is CCNC(=NCc1ccnc(OC2CCCCC2)c1)NC1CC2CCC1O2. The van der Waals surface area contributed by atoms with E-state index >= 15 is 0 Å². The lowest BCUT2D eigenvalue weighted by atomic mass is 9.96. The summed E-state index contributed by atoms with van der Waals surface area (Å²) < 4.78 is 12.0. The summed E-state index contributed by atoms with van der Waals surface area (Å²) in [7, 11) is 0. The van der Waals surface area contributed by atoms with Gasteiger partial charge in [0, 0.05) is 18.8 Å². The van der Waals surface area contributed by atoms with Crippen LogP contribution in [0.25, 0.3) is 0 Å². The highest BCUT2D eigenvalue weighted by Gasteiger charge is 2.41. The van der Waals surface area contributed by atoms with Gasteiger partial charge in [-0.25, -0.2) is 9.98 Å². The molecule has 0 aromatic carbocycles. The van der Waals surface area contributed by atoms with Gasteiger partial charge in [0.15, 0.2) is 5.96 Å². The minimum atomic E-state index is 0.321. The first-order valence-corrected chi connectivity index (χ1v) is 10.6. The van der Waals surface area contributed by atoms with E-state index in [1.165, 1.54) is 25.7 Å². The van der Waals surface area contributed by atoms with Gasteiger partial charge in [-0.05, 0) is 63.5 Å². The van der Waals surface area contributed by atoms with Crippen molar-refractivity contribution in [1.82, 2.24) is 15.6 Å². The van der Waals surface area contributed by atoms with Gasteiger partial charge in [0.1, 0.15) is 6.10 Å². The third-order valence-corrected chi connectivity index (χ3v) is 5.83. The first-order valence-electron chi connectivity index (χ1n) is 10.6. The summed E-state index contributed by atoms with van der Waals surface area (Å²) in [5.41, 5.74) is 1.12. The average molecular weight is 373 g/mol. The Hall–Kier alpha value is -1.82. The molecule has 0 amide bonds. The van der Waals surface area contributed by atoms with Crippen LogP contribution in [0.4, 0.5) is 0 Å². The van der Waals surface area contributed by atoms with Crippen molar-refractivity contribution in [3.05, 3.63) is 23.9 Å². The van der Waals surface area contributed by atoms with Crippen molar-refractivity contribution < 1.29 is 9.47 Å². The summed E-state index contributed by atoms with van der Waals surface area (Å²) in [4.78, 5) is 9.16. The Balaban J connectivity index is 1.35. The minimum Gasteiger partial charge on any atom is -0.474 e. The van der Waals surface area contributed by atoms with Gasteiger partial charge in [-0.15, -0.1) is 0 Å². The summed E-state index contributed by atoms with van der Waals surface area (Å²) in [6, 6.07) is 4.42. The molecule has 0 spiro atoms. The molecule has 3 atom stereocenters. The number of guanidine groups is 1. The molecule has 2 bridgehead atoms. The maximum Gasteiger partial charge on any atom is 0.213 e. The van der Waals surface area contributed by atoms with Crippen molar-refractivity contribution in [2.24, 2.45) is 4.99 Å². The molecule has 1 aromatic rings. The highest BCUT2D eigenvalue weighted by Crippen LogP contribution is 2.34. The summed E-state index contributed by atoms with van der Waals surface area (Å²) in [5, 5.41) is 6.92. The van der Waals surface area contributed by atoms with Gasteiger partial charge in [-0.2, -0.15) is 0 Å². The molecule has 4 rings (SSSR count). The molecule has 1 aliphatic carbocycles. The standard InChI is InChI=1S/C21H32N4O2/c1-2-22-21(25-18-13-17-8-9-19(18)26-17)24-14-15-10-11-23-20(12-15)27-16-6-4-3-5-7-16/h10-12,16-19H,2-9,13-14H2,1H3,(H2,22,24,25). The Labute approximate surface area is 162 Å². The Morgan fingerprint density at radius 2 is 2.15 bits per heavy atom. The predicted molar refractivity (Wildman–Crippen MR) is 106 cm³/mol. The second-order valence-corrected chi connectivity index (χ2v) is 7.94. The largest absolute Gasteiger partial charge is 0.474 e. The highest BCUT2D eigenvalue weighted by molar-refractivity contribution is 5.80. The maximum atomic E-state index is 6.08. The minimum absolute atomic E-state index is 0.321. The molecule has 1 saturated carbocycles. The second-order valence-electron chi connectivity index (χ2n) is 7.94. The first-order chi connectivity index (χ1) is 13.3. The van der Waals surface area contributed by atoms with Gasteiger partial charge in [-0.1, -0.05) is 6.42 Å². The highest BCUT2D eigenvalue weighted by atomic mass is 16.5. The molecular weight excluding hydrogens is 340 g/mol. The lowest BCUT2D eigenvalue weighted by Crippen LogP contribution is -2.47. The summed E-state index contributed by atoms with van der Waals surface area (Å²) in [6.07, 6.45) is 12.5. The van der Waals surface area contributed by atoms with Gasteiger partial charge < -0.3 is 20.1 Å². The molecule has 3 unspecified atom stereocenters. The fraction of sp³-hybridized carbons (Fsp3) is 0.714. The Morgan fingerprint density at radius 3 is 2.89 bits per heavy atom. The van der Waals surface area contributed by atoms with Crippen LogP contribution in [0, 0.1) is 0 Å². The van der Waals surface area contributed by atoms with E-state index in [9.17, 15) is 0 Å². The summed E-state index contributed by atoms with van der Waals surface area (Å²) in [6.45, 7) is 3.55. The lowest BCUT2D eigenvalue weighted by Gasteiger charge is -2.23. The van der Waals surface area contributed by atoms with Crippen LogP contribution < -0.4 is 15.4 Å². The van der Waals surface area contributed by atoms with Crippen molar-refractivity contribution in [3.63, 3.8) is 0 Å². The van der Waals surface area contributed by atoms with Gasteiger partial charge in [0.05, 0.1) is 24.8 Å². The van der Waals surface area contributed by atoms with Crippen molar-refractivity contribution in [2.45, 2.75) is 89.2 Å². The zero-order chi connectivity index (χ0) is 18.5. The van der Waals surface area contributed by atoms with Crippen LogP contribution in [0.5, 0.6) is 5.88 Å². The number of aliphatic imine (C=N–C) groups is 1. The Kier molecular flexibility index (Phi) is 6.12. The van der Waals surface area contributed by atoms with Crippen molar-refractivity contribution in [1.29, 1.82) is 0 Å². The number of ether oxygens (including phenoxy) is 2. The molecule has 3 fully saturated rings. The lowest BCUT2D eigenvalue weighted by molar-refractivity contribution is 0.0992. The molecule has 2 aliphatic heterocycles. The van der Waals surface area contributed by atoms with Gasteiger partial charge in [0.25, 0.3) is 0 Å². The van der Waals surface area contributed by atoms with Crippen LogP contribution in [0.2, 0.25) is 0 Å². The topological polar surface area (TPSA) is 67.8 Å². The molecule has 6 heteroatoms. The Bertz CT molecular complexity index is 645. The number of rotatable bonds is 6. The molecule has 3 heterocycles. The smallest absolute Gasteiger partial charge is 0.213 e. The third kappa shape index (κ3) is 4.92. The quantitative estimate of drug-likeness (QED) is 0.593. The molecular formula is C21H32N4O2. The number of hydrogen-bond acceptors (Lipinski definition) is 4. The molecule has 2 N–H and O–H groups in total. The van der Waals surface area contributed by atoms with Crippen molar-refractivity contribution in [2.75, 3.05) is 6.54 Å². The van der Waals surface area contributed by atoms with Crippen LogP contribution in [0.3, 0.4) is 0 Å². The van der Waals surface area contributed by atoms with E-state index in [-0.39, 0.29) is 0 Å². The monoisotopic (exact) mass is 372 g/mol. The molecule has 27 heavy (non-hydrogen) atoms. The summed E-state index contributed by atoms with van der Waals surface area (Å²) in [5.74, 6) is 1.60. The van der Waals surface area contributed by atoms with Crippen molar-refractivity contribution in [3.8, 4) is 5.88 Å². The third-order valence-electron chi connectivity index (χ3n) is 5.83. The van der Waals surface area contributed by atoms with E-state index in [4.69, 9.17) is 14.5 Å². The van der Waals surface area contributed by atoms with E-state index in [1.807, 2.05) is 18.3 Å². The second kappa shape index (κ2) is 8.91. The van der Waals surface area contributed by atoms with E-state index in [0.29, 0.717) is 30.9 Å². The Morgan fingerprint density at radius 1 is 1.26 bits per heavy atom. The first kappa shape index (κ1) is 18.5. The van der Waals surface area contributed by atoms with Crippen LogP contribution in [0.1, 0.15) is 63.9 Å².